The molecule has 1 rings (SSSR count). The van der Waals surface area contributed by atoms with E-state index in [9.17, 15) is 13.0 Å². The molecule has 0 amide bonds. The maximum Gasteiger partial charge on any atom is 0.177 e. The van der Waals surface area contributed by atoms with Gasteiger partial charge in [0.15, 0.2) is 5.94 Å². The second-order valence-corrected chi connectivity index (χ2v) is 4.44. The van der Waals surface area contributed by atoms with E-state index in [1.807, 2.05) is 13.0 Å². The van der Waals surface area contributed by atoms with Gasteiger partial charge in [-0.15, -0.1) is 0 Å². The van der Waals surface area contributed by atoms with Crippen LogP contribution >= 0.6 is 0 Å². The van der Waals surface area contributed by atoms with Gasteiger partial charge in [-0.25, -0.2) is 8.42 Å². The third-order valence-corrected chi connectivity index (χ3v) is 2.10. The van der Waals surface area contributed by atoms with Crippen molar-refractivity contribution >= 4 is 10.1 Å². The first-order chi connectivity index (χ1) is 6.38. The Morgan fingerprint density at radius 3 is 2.50 bits per heavy atom. The maximum absolute atomic E-state index is 10.3. The molecule has 0 aliphatic heterocycles. The Morgan fingerprint density at radius 1 is 1.36 bits per heavy atom. The maximum atomic E-state index is 10.3. The molecule has 0 N–H and O–H groups in total. The minimum absolute atomic E-state index is 0.426. The molecule has 5 heteroatoms. The first kappa shape index (κ1) is 11.0. The van der Waals surface area contributed by atoms with E-state index in [1.54, 1.807) is 19.1 Å². The number of aryl methyl sites for hydroxylation is 2. The molecule has 0 aromatic heterocycles. The van der Waals surface area contributed by atoms with Gasteiger partial charge in [0.25, 0.3) is 0 Å². The summed E-state index contributed by atoms with van der Waals surface area (Å²) >= 11 is 0. The lowest BCUT2D eigenvalue weighted by atomic mass is 10.1. The normalized spacial score (nSPS) is 11.4. The van der Waals surface area contributed by atoms with Gasteiger partial charge in [-0.3, -0.25) is 0 Å². The van der Waals surface area contributed by atoms with E-state index in [2.05, 4.69) is 0 Å². The quantitative estimate of drug-likeness (QED) is 0.710. The summed E-state index contributed by atoms with van der Waals surface area (Å²) in [7, 11) is -4.32. The zero-order valence-corrected chi connectivity index (χ0v) is 8.80. The van der Waals surface area contributed by atoms with E-state index in [4.69, 9.17) is 4.74 Å². The summed E-state index contributed by atoms with van der Waals surface area (Å²) in [5.41, 5.74) is 1.87. The molecule has 0 saturated carbocycles. The van der Waals surface area contributed by atoms with Crippen molar-refractivity contribution in [2.24, 2.45) is 0 Å². The fraction of sp³-hybridized carbons (Fsp3) is 0.333. The Bertz CT molecular complexity index is 422. The highest BCUT2D eigenvalue weighted by Crippen LogP contribution is 2.18. The first-order valence-electron chi connectivity index (χ1n) is 4.02. The number of hydrogen-bond donors (Lipinski definition) is 0. The number of rotatable bonds is 3. The van der Waals surface area contributed by atoms with E-state index < -0.39 is 16.1 Å². The van der Waals surface area contributed by atoms with Crippen molar-refractivity contribution in [2.75, 3.05) is 5.94 Å². The topological polar surface area (TPSA) is 66.4 Å². The smallest absolute Gasteiger partial charge is 0.177 e. The van der Waals surface area contributed by atoms with Crippen LogP contribution in [0, 0.1) is 13.8 Å². The molecule has 14 heavy (non-hydrogen) atoms. The zero-order valence-electron chi connectivity index (χ0n) is 7.98. The van der Waals surface area contributed by atoms with Crippen molar-refractivity contribution in [2.45, 2.75) is 13.8 Å². The summed E-state index contributed by atoms with van der Waals surface area (Å²) in [6.45, 7) is 3.71. The molecule has 0 unspecified atom stereocenters. The summed E-state index contributed by atoms with van der Waals surface area (Å²) in [6, 6.07) is 5.29. The van der Waals surface area contributed by atoms with Crippen LogP contribution < -0.4 is 4.74 Å². The molecule has 78 valence electrons. The van der Waals surface area contributed by atoms with Gasteiger partial charge in [-0.2, -0.15) is 0 Å². The van der Waals surface area contributed by atoms with Crippen LogP contribution in [0.25, 0.3) is 0 Å². The fourth-order valence-corrected chi connectivity index (χ4v) is 1.37. The third-order valence-electron chi connectivity index (χ3n) is 1.69. The second-order valence-electron chi connectivity index (χ2n) is 3.09. The van der Waals surface area contributed by atoms with E-state index in [1.165, 1.54) is 0 Å². The molecule has 0 radical (unpaired) electrons. The Hall–Kier alpha value is -1.07. The van der Waals surface area contributed by atoms with Gasteiger partial charge in [0.1, 0.15) is 15.9 Å². The number of ether oxygens (including phenoxy) is 1. The summed E-state index contributed by atoms with van der Waals surface area (Å²) in [5, 5.41) is 0. The Morgan fingerprint density at radius 2 is 2.00 bits per heavy atom. The Balaban J connectivity index is 2.78. The van der Waals surface area contributed by atoms with Crippen LogP contribution in [0.2, 0.25) is 0 Å². The van der Waals surface area contributed by atoms with Crippen LogP contribution in [-0.2, 0) is 10.1 Å². The lowest BCUT2D eigenvalue weighted by Gasteiger charge is -2.11. The molecule has 1 aromatic rings. The standard InChI is InChI=1S/C9H12O4S/c1-7-3-4-9(8(2)5-7)13-6-14(10,11)12/h3-5H,6H2,1-2H3,(H,10,11,12)/p-1. The third kappa shape index (κ3) is 3.35. The number of benzene rings is 1. The van der Waals surface area contributed by atoms with Crippen LogP contribution in [0.1, 0.15) is 11.1 Å². The molecule has 0 heterocycles. The van der Waals surface area contributed by atoms with Crippen molar-refractivity contribution in [3.8, 4) is 5.75 Å². The lowest BCUT2D eigenvalue weighted by molar-refractivity contribution is 0.346. The molecule has 0 atom stereocenters. The van der Waals surface area contributed by atoms with Crippen LogP contribution in [0.5, 0.6) is 5.75 Å². The first-order valence-corrected chi connectivity index (χ1v) is 5.60. The summed E-state index contributed by atoms with van der Waals surface area (Å²) in [4.78, 5) is 0. The highest BCUT2D eigenvalue weighted by molar-refractivity contribution is 7.85. The van der Waals surface area contributed by atoms with E-state index in [0.717, 1.165) is 11.1 Å². The van der Waals surface area contributed by atoms with Crippen LogP contribution in [0.15, 0.2) is 18.2 Å². The second kappa shape index (κ2) is 3.98. The van der Waals surface area contributed by atoms with Crippen molar-refractivity contribution in [1.82, 2.24) is 0 Å². The van der Waals surface area contributed by atoms with Gasteiger partial charge >= 0.3 is 0 Å². The van der Waals surface area contributed by atoms with Gasteiger partial charge in [0.2, 0.25) is 0 Å². The van der Waals surface area contributed by atoms with E-state index in [0.29, 0.717) is 5.75 Å². The molecule has 0 fully saturated rings. The summed E-state index contributed by atoms with van der Waals surface area (Å²) in [6.07, 6.45) is 0. The molecular weight excluding hydrogens is 204 g/mol. The average molecular weight is 215 g/mol. The Labute approximate surface area is 83.3 Å². The van der Waals surface area contributed by atoms with Crippen molar-refractivity contribution in [3.63, 3.8) is 0 Å². The molecule has 0 aliphatic carbocycles. The summed E-state index contributed by atoms with van der Waals surface area (Å²) < 4.78 is 35.8. The van der Waals surface area contributed by atoms with Gasteiger partial charge < -0.3 is 9.29 Å². The largest absolute Gasteiger partial charge is 0.745 e. The molecule has 1 aromatic carbocycles. The molecule has 0 saturated heterocycles. The highest BCUT2D eigenvalue weighted by atomic mass is 32.2. The Kier molecular flexibility index (Phi) is 3.13. The summed E-state index contributed by atoms with van der Waals surface area (Å²) in [5.74, 6) is -0.397. The van der Waals surface area contributed by atoms with E-state index >= 15 is 0 Å². The average Bonchev–Trinajstić information content (AvgIpc) is 2.00. The van der Waals surface area contributed by atoms with Gasteiger partial charge in [0, 0.05) is 0 Å². The van der Waals surface area contributed by atoms with Crippen molar-refractivity contribution in [1.29, 1.82) is 0 Å². The molecule has 0 spiro atoms. The molecule has 4 nitrogen and oxygen atoms in total. The van der Waals surface area contributed by atoms with Crippen molar-refractivity contribution < 1.29 is 17.7 Å². The fourth-order valence-electron chi connectivity index (χ4n) is 1.10. The SMILES string of the molecule is Cc1ccc(OCS(=O)(=O)[O-])c(C)c1. The minimum Gasteiger partial charge on any atom is -0.745 e. The molecule has 0 bridgehead atoms. The van der Waals surface area contributed by atoms with Gasteiger partial charge in [-0.05, 0) is 25.5 Å². The molecular formula is C9H11O4S-. The van der Waals surface area contributed by atoms with Crippen LogP contribution in [-0.4, -0.2) is 18.9 Å². The van der Waals surface area contributed by atoms with Crippen LogP contribution in [0.3, 0.4) is 0 Å². The van der Waals surface area contributed by atoms with Gasteiger partial charge in [0.05, 0.1) is 0 Å². The monoisotopic (exact) mass is 215 g/mol. The number of hydrogen-bond acceptors (Lipinski definition) is 4. The van der Waals surface area contributed by atoms with Crippen LogP contribution in [0.4, 0.5) is 0 Å². The predicted octanol–water partition coefficient (Wildman–Crippen LogP) is 1.18. The van der Waals surface area contributed by atoms with E-state index in [-0.39, 0.29) is 0 Å². The lowest BCUT2D eigenvalue weighted by Crippen LogP contribution is -2.11. The van der Waals surface area contributed by atoms with Crippen molar-refractivity contribution in [3.05, 3.63) is 29.3 Å². The zero-order chi connectivity index (χ0) is 10.8. The predicted molar refractivity (Wildman–Crippen MR) is 51.1 cm³/mol. The van der Waals surface area contributed by atoms with Gasteiger partial charge in [-0.1, -0.05) is 17.7 Å². The molecule has 0 aliphatic rings. The minimum atomic E-state index is -4.32. The highest BCUT2D eigenvalue weighted by Gasteiger charge is 2.01.